The van der Waals surface area contributed by atoms with E-state index in [0.29, 0.717) is 6.54 Å². The normalized spacial score (nSPS) is 10.3. The largest absolute Gasteiger partial charge is 0.375 e. The zero-order valence-electron chi connectivity index (χ0n) is 7.98. The summed E-state index contributed by atoms with van der Waals surface area (Å²) in [5, 5.41) is 10.6. The average molecular weight is 214 g/mol. The van der Waals surface area contributed by atoms with E-state index in [1.54, 1.807) is 0 Å². The first-order valence-corrected chi connectivity index (χ1v) is 4.35. The molecule has 15 heavy (non-hydrogen) atoms. The summed E-state index contributed by atoms with van der Waals surface area (Å²) in [7, 11) is 0. The molecule has 1 aromatic rings. The molecule has 0 spiro atoms. The van der Waals surface area contributed by atoms with Crippen molar-refractivity contribution in [2.24, 2.45) is 5.73 Å². The van der Waals surface area contributed by atoms with Gasteiger partial charge in [-0.3, -0.25) is 10.1 Å². The molecule has 0 fully saturated rings. The summed E-state index contributed by atoms with van der Waals surface area (Å²) < 4.78 is 17.8. The summed E-state index contributed by atoms with van der Waals surface area (Å²) in [5.74, 6) is -0.521. The Morgan fingerprint density at radius 2 is 2.27 bits per heavy atom. The Hall–Kier alpha value is -1.53. The molecule has 6 heteroatoms. The van der Waals surface area contributed by atoms with Crippen LogP contribution in [-0.2, 0) is 11.3 Å². The first-order valence-electron chi connectivity index (χ1n) is 4.35. The van der Waals surface area contributed by atoms with Gasteiger partial charge in [-0.15, -0.1) is 0 Å². The molecule has 5 nitrogen and oxygen atoms in total. The highest BCUT2D eigenvalue weighted by Crippen LogP contribution is 2.20. The maximum Gasteiger partial charge on any atom is 0.275 e. The van der Waals surface area contributed by atoms with E-state index in [4.69, 9.17) is 10.5 Å². The molecular weight excluding hydrogens is 203 g/mol. The van der Waals surface area contributed by atoms with E-state index in [1.165, 1.54) is 0 Å². The second-order valence-electron chi connectivity index (χ2n) is 2.87. The SMILES string of the molecule is NCCOCc1cc(F)ccc1[N+](=O)[O-]. The van der Waals surface area contributed by atoms with Crippen molar-refractivity contribution in [2.75, 3.05) is 13.2 Å². The van der Waals surface area contributed by atoms with Gasteiger partial charge in [-0.2, -0.15) is 0 Å². The number of nitrogens with two attached hydrogens (primary N) is 1. The van der Waals surface area contributed by atoms with Crippen LogP contribution in [-0.4, -0.2) is 18.1 Å². The molecule has 0 amide bonds. The Kier molecular flexibility index (Phi) is 4.14. The smallest absolute Gasteiger partial charge is 0.275 e. The highest BCUT2D eigenvalue weighted by molar-refractivity contribution is 5.39. The average Bonchev–Trinajstić information content (AvgIpc) is 2.18. The molecule has 0 saturated heterocycles. The highest BCUT2D eigenvalue weighted by Gasteiger charge is 2.13. The van der Waals surface area contributed by atoms with E-state index in [1.807, 2.05) is 0 Å². The van der Waals surface area contributed by atoms with Gasteiger partial charge < -0.3 is 10.5 Å². The van der Waals surface area contributed by atoms with Crippen LogP contribution >= 0.6 is 0 Å². The molecule has 82 valence electrons. The lowest BCUT2D eigenvalue weighted by atomic mass is 10.2. The lowest BCUT2D eigenvalue weighted by molar-refractivity contribution is -0.386. The van der Waals surface area contributed by atoms with Crippen molar-refractivity contribution in [3.63, 3.8) is 0 Å². The number of nitro benzene ring substituents is 1. The standard InChI is InChI=1S/C9H11FN2O3/c10-8-1-2-9(12(13)14)7(5-8)6-15-4-3-11/h1-2,5H,3-4,6,11H2. The number of nitrogens with zero attached hydrogens (tertiary/aromatic N) is 1. The number of hydrogen-bond donors (Lipinski definition) is 1. The molecule has 0 bridgehead atoms. The van der Waals surface area contributed by atoms with Gasteiger partial charge >= 0.3 is 0 Å². The quantitative estimate of drug-likeness (QED) is 0.454. The van der Waals surface area contributed by atoms with E-state index in [0.717, 1.165) is 18.2 Å². The first-order chi connectivity index (χ1) is 7.15. The van der Waals surface area contributed by atoms with Crippen LogP contribution in [0.4, 0.5) is 10.1 Å². The Balaban J connectivity index is 2.82. The van der Waals surface area contributed by atoms with Crippen LogP contribution in [0, 0.1) is 15.9 Å². The molecule has 1 aromatic carbocycles. The van der Waals surface area contributed by atoms with Crippen molar-refractivity contribution in [2.45, 2.75) is 6.61 Å². The fourth-order valence-electron chi connectivity index (χ4n) is 1.11. The van der Waals surface area contributed by atoms with Gasteiger partial charge in [-0.1, -0.05) is 0 Å². The molecule has 2 N–H and O–H groups in total. The van der Waals surface area contributed by atoms with Gasteiger partial charge in [0, 0.05) is 12.6 Å². The van der Waals surface area contributed by atoms with Gasteiger partial charge in [0.05, 0.1) is 23.7 Å². The molecule has 1 rings (SSSR count). The molecule has 0 atom stereocenters. The van der Waals surface area contributed by atoms with E-state index in [9.17, 15) is 14.5 Å². The zero-order chi connectivity index (χ0) is 11.3. The molecule has 0 aliphatic carbocycles. The number of rotatable bonds is 5. The van der Waals surface area contributed by atoms with Crippen molar-refractivity contribution >= 4 is 5.69 Å². The number of nitro groups is 1. The second-order valence-corrected chi connectivity index (χ2v) is 2.87. The number of benzene rings is 1. The number of hydrogen-bond acceptors (Lipinski definition) is 4. The summed E-state index contributed by atoms with van der Waals surface area (Å²) in [5.41, 5.74) is 5.26. The maximum atomic E-state index is 12.8. The fourth-order valence-corrected chi connectivity index (χ4v) is 1.11. The number of halogens is 1. The van der Waals surface area contributed by atoms with Gasteiger partial charge in [-0.05, 0) is 12.1 Å². The third-order valence-electron chi connectivity index (χ3n) is 1.76. The summed E-state index contributed by atoms with van der Waals surface area (Å²) in [4.78, 5) is 10.00. The van der Waals surface area contributed by atoms with Crippen LogP contribution in [0.5, 0.6) is 0 Å². The molecule has 0 aliphatic rings. The first kappa shape index (κ1) is 11.5. The van der Waals surface area contributed by atoms with Gasteiger partial charge in [-0.25, -0.2) is 4.39 Å². The van der Waals surface area contributed by atoms with Crippen LogP contribution in [0.15, 0.2) is 18.2 Å². The zero-order valence-corrected chi connectivity index (χ0v) is 7.98. The molecule has 0 saturated carbocycles. The van der Waals surface area contributed by atoms with Crippen LogP contribution in [0.2, 0.25) is 0 Å². The van der Waals surface area contributed by atoms with E-state index < -0.39 is 10.7 Å². The van der Waals surface area contributed by atoms with E-state index >= 15 is 0 Å². The Morgan fingerprint density at radius 1 is 1.53 bits per heavy atom. The Morgan fingerprint density at radius 3 is 2.87 bits per heavy atom. The summed E-state index contributed by atoms with van der Waals surface area (Å²) >= 11 is 0. The van der Waals surface area contributed by atoms with Gasteiger partial charge in [0.25, 0.3) is 5.69 Å². The number of ether oxygens (including phenoxy) is 1. The van der Waals surface area contributed by atoms with Crippen molar-refractivity contribution in [1.82, 2.24) is 0 Å². The van der Waals surface area contributed by atoms with Crippen LogP contribution in [0.3, 0.4) is 0 Å². The fraction of sp³-hybridized carbons (Fsp3) is 0.333. The van der Waals surface area contributed by atoms with Gasteiger partial charge in [0.1, 0.15) is 5.82 Å². The molecule has 0 aliphatic heterocycles. The third-order valence-corrected chi connectivity index (χ3v) is 1.76. The Labute approximate surface area is 85.8 Å². The minimum Gasteiger partial charge on any atom is -0.375 e. The second kappa shape index (κ2) is 5.38. The molecule has 0 aromatic heterocycles. The highest BCUT2D eigenvalue weighted by atomic mass is 19.1. The van der Waals surface area contributed by atoms with Crippen molar-refractivity contribution in [3.05, 3.63) is 39.7 Å². The van der Waals surface area contributed by atoms with Crippen LogP contribution in [0.25, 0.3) is 0 Å². The monoisotopic (exact) mass is 214 g/mol. The van der Waals surface area contributed by atoms with Crippen molar-refractivity contribution in [3.8, 4) is 0 Å². The van der Waals surface area contributed by atoms with Crippen LogP contribution in [0.1, 0.15) is 5.56 Å². The summed E-state index contributed by atoms with van der Waals surface area (Å²) in [6, 6.07) is 3.26. The summed E-state index contributed by atoms with van der Waals surface area (Å²) in [6.07, 6.45) is 0. The minimum atomic E-state index is -0.569. The third kappa shape index (κ3) is 3.26. The minimum absolute atomic E-state index is 0.00866. The van der Waals surface area contributed by atoms with E-state index in [-0.39, 0.29) is 24.5 Å². The molecule has 0 radical (unpaired) electrons. The van der Waals surface area contributed by atoms with E-state index in [2.05, 4.69) is 0 Å². The maximum absolute atomic E-state index is 12.8. The predicted molar refractivity (Wildman–Crippen MR) is 51.8 cm³/mol. The molecular formula is C9H11FN2O3. The van der Waals surface area contributed by atoms with Gasteiger partial charge in [0.15, 0.2) is 0 Å². The predicted octanol–water partition coefficient (Wildman–Crippen LogP) is 1.21. The van der Waals surface area contributed by atoms with Crippen molar-refractivity contribution < 1.29 is 14.1 Å². The lowest BCUT2D eigenvalue weighted by Crippen LogP contribution is -2.09. The lowest BCUT2D eigenvalue weighted by Gasteiger charge is -2.03. The topological polar surface area (TPSA) is 78.4 Å². The molecule has 0 unspecified atom stereocenters. The van der Waals surface area contributed by atoms with Gasteiger partial charge in [0.2, 0.25) is 0 Å². The summed E-state index contributed by atoms with van der Waals surface area (Å²) in [6.45, 7) is 0.599. The van der Waals surface area contributed by atoms with Crippen molar-refractivity contribution in [1.29, 1.82) is 0 Å². The molecule has 0 heterocycles. The Bertz CT molecular complexity index is 357. The van der Waals surface area contributed by atoms with Crippen LogP contribution < -0.4 is 5.73 Å².